The van der Waals surface area contributed by atoms with Gasteiger partial charge in [-0.05, 0) is 76.2 Å². The van der Waals surface area contributed by atoms with Crippen molar-refractivity contribution in [3.63, 3.8) is 0 Å². The molecule has 1 aromatic rings. The minimum Gasteiger partial charge on any atom is -0.337 e. The first-order valence-corrected chi connectivity index (χ1v) is 11.7. The van der Waals surface area contributed by atoms with Crippen LogP contribution in [0.25, 0.3) is 0 Å². The maximum atomic E-state index is 13.9. The number of likely N-dealkylation sites (tertiary alicyclic amines) is 1. The molecule has 0 radical (unpaired) electrons. The fraction of sp³-hybridized carbons (Fsp3) is 0.864. The van der Waals surface area contributed by atoms with E-state index in [-0.39, 0.29) is 17.5 Å². The van der Waals surface area contributed by atoms with E-state index < -0.39 is 0 Å². The largest absolute Gasteiger partial charge is 0.337 e. The smallest absolute Gasteiger partial charge is 0.249 e. The van der Waals surface area contributed by atoms with Crippen LogP contribution in [0.3, 0.4) is 0 Å². The molecule has 6 fully saturated rings. The Morgan fingerprint density at radius 3 is 2.52 bits per heavy atom. The molecule has 2 saturated heterocycles. The lowest BCUT2D eigenvalue weighted by atomic mass is 9.49. The zero-order chi connectivity index (χ0) is 19.6. The molecule has 158 valence electrons. The number of amides is 1. The van der Waals surface area contributed by atoms with E-state index in [1.807, 2.05) is 0 Å². The molecular weight excluding hydrogens is 366 g/mol. The second-order valence-corrected chi connectivity index (χ2v) is 10.5. The van der Waals surface area contributed by atoms with E-state index >= 15 is 0 Å². The maximum Gasteiger partial charge on any atom is 0.249 e. The van der Waals surface area contributed by atoms with E-state index in [1.54, 1.807) is 0 Å². The summed E-state index contributed by atoms with van der Waals surface area (Å²) >= 11 is 0. The molecule has 1 N–H and O–H groups in total. The second kappa shape index (κ2) is 6.77. The van der Waals surface area contributed by atoms with E-state index in [2.05, 4.69) is 27.3 Å². The number of carbonyl (C=O) groups is 1. The molecule has 2 aliphatic heterocycles. The number of rotatable bonds is 3. The average molecular weight is 400 g/mol. The normalized spacial score (nSPS) is 42.0. The molecule has 0 spiro atoms. The number of likely N-dealkylation sites (N-methyl/N-ethyl adjacent to an activating group) is 1. The molecule has 7 nitrogen and oxygen atoms in total. The van der Waals surface area contributed by atoms with Crippen LogP contribution in [0.2, 0.25) is 0 Å². The van der Waals surface area contributed by atoms with E-state index in [4.69, 9.17) is 9.51 Å². The molecule has 29 heavy (non-hydrogen) atoms. The van der Waals surface area contributed by atoms with Crippen LogP contribution in [0, 0.1) is 23.2 Å². The van der Waals surface area contributed by atoms with Crippen molar-refractivity contribution >= 4 is 5.91 Å². The van der Waals surface area contributed by atoms with Gasteiger partial charge in [-0.2, -0.15) is 4.98 Å². The summed E-state index contributed by atoms with van der Waals surface area (Å²) in [5, 5.41) is 7.73. The summed E-state index contributed by atoms with van der Waals surface area (Å²) in [5.41, 5.74) is -0.0896. The van der Waals surface area contributed by atoms with Gasteiger partial charge < -0.3 is 14.7 Å². The number of nitrogens with one attached hydrogen (secondary N) is 1. The first-order chi connectivity index (χ1) is 14.1. The number of carbonyl (C=O) groups excluding carboxylic acids is 1. The molecule has 0 aromatic carbocycles. The standard InChI is InChI=1S/C22H33N5O2/c1-26-6-4-23-13-18(26)19-24-20(29-25-19)17-3-2-5-27(17)21(28)22-10-14-7-15(11-22)9-16(8-14)12-22/h14-18,23H,2-13H2,1H3. The molecule has 3 heterocycles. The predicted molar refractivity (Wildman–Crippen MR) is 107 cm³/mol. The fourth-order valence-electron chi connectivity index (χ4n) is 7.56. The van der Waals surface area contributed by atoms with Gasteiger partial charge in [0.1, 0.15) is 6.04 Å². The number of piperazine rings is 1. The Labute approximate surface area is 172 Å². The van der Waals surface area contributed by atoms with Crippen LogP contribution in [0.4, 0.5) is 0 Å². The molecule has 1 amide bonds. The van der Waals surface area contributed by atoms with E-state index in [9.17, 15) is 4.79 Å². The summed E-state index contributed by atoms with van der Waals surface area (Å²) in [4.78, 5) is 23.0. The maximum absolute atomic E-state index is 13.9. The van der Waals surface area contributed by atoms with Crippen molar-refractivity contribution < 1.29 is 9.32 Å². The van der Waals surface area contributed by atoms with Gasteiger partial charge in [-0.15, -0.1) is 0 Å². The Balaban J connectivity index is 1.23. The molecule has 6 aliphatic rings. The number of hydrogen-bond acceptors (Lipinski definition) is 6. The highest BCUT2D eigenvalue weighted by atomic mass is 16.5. The van der Waals surface area contributed by atoms with Gasteiger partial charge in [0.15, 0.2) is 5.82 Å². The first kappa shape index (κ1) is 18.3. The quantitative estimate of drug-likeness (QED) is 0.842. The highest BCUT2D eigenvalue weighted by Gasteiger charge is 2.56. The molecule has 2 atom stereocenters. The lowest BCUT2D eigenvalue weighted by Crippen LogP contribution is -2.54. The van der Waals surface area contributed by atoms with E-state index in [1.165, 1.54) is 19.3 Å². The van der Waals surface area contributed by atoms with Crippen LogP contribution < -0.4 is 5.32 Å². The van der Waals surface area contributed by atoms with Crippen molar-refractivity contribution in [2.45, 2.75) is 63.5 Å². The van der Waals surface area contributed by atoms with Crippen molar-refractivity contribution in [2.24, 2.45) is 23.2 Å². The van der Waals surface area contributed by atoms with Crippen molar-refractivity contribution in [3.8, 4) is 0 Å². The van der Waals surface area contributed by atoms with Gasteiger partial charge >= 0.3 is 0 Å². The molecule has 4 saturated carbocycles. The summed E-state index contributed by atoms with van der Waals surface area (Å²) in [5.74, 6) is 4.16. The van der Waals surface area contributed by atoms with Gasteiger partial charge in [0.2, 0.25) is 11.8 Å². The van der Waals surface area contributed by atoms with Gasteiger partial charge in [-0.3, -0.25) is 9.69 Å². The molecule has 4 aliphatic carbocycles. The van der Waals surface area contributed by atoms with Crippen LogP contribution >= 0.6 is 0 Å². The monoisotopic (exact) mass is 399 g/mol. The van der Waals surface area contributed by atoms with Crippen LogP contribution in [0.15, 0.2) is 4.52 Å². The van der Waals surface area contributed by atoms with Crippen LogP contribution in [-0.4, -0.2) is 59.1 Å². The van der Waals surface area contributed by atoms with Crippen molar-refractivity contribution in [1.29, 1.82) is 0 Å². The minimum absolute atomic E-state index is 0.0291. The fourth-order valence-corrected chi connectivity index (χ4v) is 7.56. The Bertz CT molecular complexity index is 757. The Morgan fingerprint density at radius 1 is 1.10 bits per heavy atom. The van der Waals surface area contributed by atoms with Crippen molar-refractivity contribution in [3.05, 3.63) is 11.7 Å². The van der Waals surface area contributed by atoms with Gasteiger partial charge in [0, 0.05) is 26.2 Å². The SMILES string of the molecule is CN1CCNCC1c1noc(C2CCCN2C(=O)C23CC4CC(CC(C4)C2)C3)n1. The zero-order valence-electron chi connectivity index (χ0n) is 17.5. The van der Waals surface area contributed by atoms with Gasteiger partial charge in [0.25, 0.3) is 0 Å². The second-order valence-electron chi connectivity index (χ2n) is 10.5. The Morgan fingerprint density at radius 2 is 1.83 bits per heavy atom. The minimum atomic E-state index is -0.0896. The van der Waals surface area contributed by atoms with Crippen LogP contribution in [0.1, 0.15) is 75.2 Å². The predicted octanol–water partition coefficient (Wildman–Crippen LogP) is 2.53. The van der Waals surface area contributed by atoms with Crippen molar-refractivity contribution in [2.75, 3.05) is 33.2 Å². The number of nitrogens with zero attached hydrogens (tertiary/aromatic N) is 4. The summed E-state index contributed by atoms with van der Waals surface area (Å²) in [6.07, 6.45) is 9.44. The third-order valence-corrected chi connectivity index (χ3v) is 8.56. The zero-order valence-corrected chi connectivity index (χ0v) is 17.5. The number of aromatic nitrogens is 2. The topological polar surface area (TPSA) is 74.5 Å². The Kier molecular flexibility index (Phi) is 4.28. The molecule has 7 heteroatoms. The van der Waals surface area contributed by atoms with Crippen LogP contribution in [-0.2, 0) is 4.79 Å². The van der Waals surface area contributed by atoms with Gasteiger partial charge in [-0.1, -0.05) is 5.16 Å². The number of hydrogen-bond donors (Lipinski definition) is 1. The first-order valence-electron chi connectivity index (χ1n) is 11.7. The molecule has 1 aromatic heterocycles. The van der Waals surface area contributed by atoms with Crippen molar-refractivity contribution in [1.82, 2.24) is 25.3 Å². The summed E-state index contributed by atoms with van der Waals surface area (Å²) < 4.78 is 5.74. The summed E-state index contributed by atoms with van der Waals surface area (Å²) in [7, 11) is 2.11. The lowest BCUT2D eigenvalue weighted by Gasteiger charge is -2.56. The van der Waals surface area contributed by atoms with Gasteiger partial charge in [-0.25, -0.2) is 0 Å². The highest BCUT2D eigenvalue weighted by Crippen LogP contribution is 2.61. The Hall–Kier alpha value is -1.47. The van der Waals surface area contributed by atoms with Gasteiger partial charge in [0.05, 0.1) is 11.5 Å². The summed E-state index contributed by atoms with van der Waals surface area (Å²) in [6, 6.07) is 0.119. The third kappa shape index (κ3) is 2.95. The lowest BCUT2D eigenvalue weighted by molar-refractivity contribution is -0.159. The van der Waals surface area contributed by atoms with E-state index in [0.717, 1.165) is 81.9 Å². The molecular formula is C22H33N5O2. The van der Waals surface area contributed by atoms with Crippen LogP contribution in [0.5, 0.6) is 0 Å². The average Bonchev–Trinajstić information content (AvgIpc) is 3.36. The third-order valence-electron chi connectivity index (χ3n) is 8.56. The molecule has 2 unspecified atom stereocenters. The highest BCUT2D eigenvalue weighted by molar-refractivity contribution is 5.84. The molecule has 7 rings (SSSR count). The summed E-state index contributed by atoms with van der Waals surface area (Å²) in [6.45, 7) is 3.66. The van der Waals surface area contributed by atoms with E-state index in [0.29, 0.717) is 11.8 Å². The molecule has 4 bridgehead atoms.